The lowest BCUT2D eigenvalue weighted by atomic mass is 10.1. The summed E-state index contributed by atoms with van der Waals surface area (Å²) in [4.78, 5) is 0.146. The minimum Gasteiger partial charge on any atom is -0.495 e. The predicted octanol–water partition coefficient (Wildman–Crippen LogP) is 3.89. The molecule has 2 rings (SSSR count). The summed E-state index contributed by atoms with van der Waals surface area (Å²) in [5.41, 5.74) is 0.921. The van der Waals surface area contributed by atoms with Gasteiger partial charge in [-0.1, -0.05) is 47.1 Å². The maximum atomic E-state index is 12.6. The quantitative estimate of drug-likeness (QED) is 0.822. The summed E-state index contributed by atoms with van der Waals surface area (Å²) < 4.78 is 34.1. The van der Waals surface area contributed by atoms with E-state index in [1.807, 2.05) is 31.2 Å². The lowest BCUT2D eigenvalue weighted by Crippen LogP contribution is -2.28. The monoisotopic (exact) mass is 383 g/mol. The van der Waals surface area contributed by atoms with E-state index in [2.05, 4.69) is 20.7 Å². The summed E-state index contributed by atoms with van der Waals surface area (Å²) in [5, 5.41) is 0. The molecule has 0 saturated heterocycles. The number of para-hydroxylation sites is 1. The highest BCUT2D eigenvalue weighted by atomic mass is 79.9. The van der Waals surface area contributed by atoms with Gasteiger partial charge in [-0.3, -0.25) is 0 Å². The van der Waals surface area contributed by atoms with Crippen LogP contribution in [0.3, 0.4) is 0 Å². The van der Waals surface area contributed by atoms with Crippen molar-refractivity contribution in [3.8, 4) is 5.75 Å². The third-order valence-corrected chi connectivity index (χ3v) is 5.38. The zero-order chi connectivity index (χ0) is 16.2. The molecule has 0 spiro atoms. The molecular weight excluding hydrogens is 366 g/mol. The van der Waals surface area contributed by atoms with E-state index in [9.17, 15) is 8.42 Å². The molecule has 4 nitrogen and oxygen atoms in total. The first-order valence-corrected chi connectivity index (χ1v) is 9.16. The number of ether oxygens (including phenoxy) is 1. The maximum absolute atomic E-state index is 12.6. The Kier molecular flexibility index (Phi) is 5.61. The van der Waals surface area contributed by atoms with Gasteiger partial charge in [0.1, 0.15) is 10.6 Å². The summed E-state index contributed by atoms with van der Waals surface area (Å²) in [5.74, 6) is 0.334. The third kappa shape index (κ3) is 3.88. The van der Waals surface area contributed by atoms with Crippen LogP contribution in [0.25, 0.3) is 0 Å². The van der Waals surface area contributed by atoms with Crippen molar-refractivity contribution in [1.29, 1.82) is 0 Å². The smallest absolute Gasteiger partial charge is 0.244 e. The van der Waals surface area contributed by atoms with Crippen molar-refractivity contribution in [2.75, 3.05) is 7.11 Å². The highest BCUT2D eigenvalue weighted by Gasteiger charge is 2.23. The minimum absolute atomic E-state index is 0.146. The Hall–Kier alpha value is -1.37. The van der Waals surface area contributed by atoms with Crippen molar-refractivity contribution in [3.05, 3.63) is 58.6 Å². The normalized spacial score (nSPS) is 12.9. The summed E-state index contributed by atoms with van der Waals surface area (Å²) in [6, 6.07) is 13.9. The van der Waals surface area contributed by atoms with Crippen LogP contribution in [-0.4, -0.2) is 15.5 Å². The number of methoxy groups -OCH3 is 1. The Morgan fingerprint density at radius 1 is 1.14 bits per heavy atom. The molecule has 2 aromatic carbocycles. The second-order valence-electron chi connectivity index (χ2n) is 4.78. The van der Waals surface area contributed by atoms with E-state index in [4.69, 9.17) is 4.74 Å². The fourth-order valence-electron chi connectivity index (χ4n) is 2.17. The average molecular weight is 384 g/mol. The first-order valence-electron chi connectivity index (χ1n) is 6.88. The zero-order valence-electron chi connectivity index (χ0n) is 12.4. The lowest BCUT2D eigenvalue weighted by Gasteiger charge is -2.18. The first kappa shape index (κ1) is 17.0. The Morgan fingerprint density at radius 2 is 1.77 bits per heavy atom. The van der Waals surface area contributed by atoms with Crippen molar-refractivity contribution in [1.82, 2.24) is 4.72 Å². The zero-order valence-corrected chi connectivity index (χ0v) is 14.8. The molecule has 0 saturated carbocycles. The molecule has 0 bridgehead atoms. The Morgan fingerprint density at radius 3 is 2.36 bits per heavy atom. The largest absolute Gasteiger partial charge is 0.495 e. The fourth-order valence-corrected chi connectivity index (χ4v) is 3.92. The SMILES string of the molecule is CCC(NS(=O)(=O)c1ccccc1OC)c1ccc(Br)cc1. The van der Waals surface area contributed by atoms with Crippen molar-refractivity contribution < 1.29 is 13.2 Å². The van der Waals surface area contributed by atoms with E-state index in [1.54, 1.807) is 18.2 Å². The predicted molar refractivity (Wildman–Crippen MR) is 90.5 cm³/mol. The van der Waals surface area contributed by atoms with Gasteiger partial charge in [-0.2, -0.15) is 0 Å². The van der Waals surface area contributed by atoms with E-state index >= 15 is 0 Å². The van der Waals surface area contributed by atoms with E-state index in [0.29, 0.717) is 12.2 Å². The van der Waals surface area contributed by atoms with E-state index in [1.165, 1.54) is 13.2 Å². The van der Waals surface area contributed by atoms with Gasteiger partial charge in [-0.05, 0) is 36.2 Å². The fraction of sp³-hybridized carbons (Fsp3) is 0.250. The molecule has 22 heavy (non-hydrogen) atoms. The summed E-state index contributed by atoms with van der Waals surface area (Å²) in [7, 11) is -2.20. The van der Waals surface area contributed by atoms with Gasteiger partial charge in [0.2, 0.25) is 10.0 Å². The van der Waals surface area contributed by atoms with Crippen LogP contribution in [0.5, 0.6) is 5.75 Å². The molecule has 6 heteroatoms. The van der Waals surface area contributed by atoms with Gasteiger partial charge in [-0.25, -0.2) is 13.1 Å². The third-order valence-electron chi connectivity index (χ3n) is 3.34. The molecule has 0 fully saturated rings. The number of halogens is 1. The lowest BCUT2D eigenvalue weighted by molar-refractivity contribution is 0.402. The van der Waals surface area contributed by atoms with E-state index in [0.717, 1.165) is 10.0 Å². The maximum Gasteiger partial charge on any atom is 0.244 e. The van der Waals surface area contributed by atoms with Gasteiger partial charge in [0.05, 0.1) is 7.11 Å². The van der Waals surface area contributed by atoms with Crippen molar-refractivity contribution in [3.63, 3.8) is 0 Å². The molecule has 0 radical (unpaired) electrons. The number of hydrogen-bond acceptors (Lipinski definition) is 3. The topological polar surface area (TPSA) is 55.4 Å². The highest BCUT2D eigenvalue weighted by Crippen LogP contribution is 2.26. The molecule has 1 unspecified atom stereocenters. The molecule has 118 valence electrons. The molecular formula is C16H18BrNO3S. The molecule has 0 aliphatic heterocycles. The van der Waals surface area contributed by atoms with E-state index < -0.39 is 10.0 Å². The van der Waals surface area contributed by atoms with Crippen molar-refractivity contribution in [2.45, 2.75) is 24.3 Å². The van der Waals surface area contributed by atoms with Crippen LogP contribution in [0.2, 0.25) is 0 Å². The van der Waals surface area contributed by atoms with Crippen LogP contribution in [-0.2, 0) is 10.0 Å². The van der Waals surface area contributed by atoms with Crippen molar-refractivity contribution >= 4 is 26.0 Å². The van der Waals surface area contributed by atoms with E-state index in [-0.39, 0.29) is 10.9 Å². The average Bonchev–Trinajstić information content (AvgIpc) is 2.53. The van der Waals surface area contributed by atoms with Gasteiger partial charge in [0, 0.05) is 10.5 Å². The minimum atomic E-state index is -3.66. The van der Waals surface area contributed by atoms with Gasteiger partial charge in [0.25, 0.3) is 0 Å². The first-order chi connectivity index (χ1) is 10.5. The Balaban J connectivity index is 2.31. The molecule has 0 aliphatic carbocycles. The van der Waals surface area contributed by atoms with Crippen LogP contribution in [0.1, 0.15) is 24.9 Å². The molecule has 1 N–H and O–H groups in total. The number of sulfonamides is 1. The van der Waals surface area contributed by atoms with Gasteiger partial charge < -0.3 is 4.74 Å². The number of rotatable bonds is 6. The van der Waals surface area contributed by atoms with Crippen LogP contribution >= 0.6 is 15.9 Å². The van der Waals surface area contributed by atoms with Crippen LogP contribution < -0.4 is 9.46 Å². The summed E-state index contributed by atoms with van der Waals surface area (Å²) in [6.45, 7) is 1.94. The Bertz CT molecular complexity index is 729. The number of benzene rings is 2. The number of hydrogen-bond donors (Lipinski definition) is 1. The summed E-state index contributed by atoms with van der Waals surface area (Å²) >= 11 is 3.38. The molecule has 1 atom stereocenters. The number of nitrogens with one attached hydrogen (secondary N) is 1. The highest BCUT2D eigenvalue weighted by molar-refractivity contribution is 9.10. The molecule has 0 heterocycles. The molecule has 0 aromatic heterocycles. The Labute approximate surface area is 139 Å². The molecule has 2 aromatic rings. The summed E-state index contributed by atoms with van der Waals surface area (Å²) in [6.07, 6.45) is 0.649. The van der Waals surface area contributed by atoms with Crippen LogP contribution in [0.15, 0.2) is 57.9 Å². The second-order valence-corrected chi connectivity index (χ2v) is 7.38. The van der Waals surface area contributed by atoms with Gasteiger partial charge in [-0.15, -0.1) is 0 Å². The van der Waals surface area contributed by atoms with Gasteiger partial charge in [0.15, 0.2) is 0 Å². The van der Waals surface area contributed by atoms with Crippen LogP contribution in [0, 0.1) is 0 Å². The molecule has 0 aliphatic rings. The molecule has 0 amide bonds. The van der Waals surface area contributed by atoms with Crippen LogP contribution in [0.4, 0.5) is 0 Å². The second kappa shape index (κ2) is 7.26. The van der Waals surface area contributed by atoms with Crippen molar-refractivity contribution in [2.24, 2.45) is 0 Å². The standard InChI is InChI=1S/C16H18BrNO3S/c1-3-14(12-8-10-13(17)11-9-12)18-22(19,20)16-7-5-4-6-15(16)21-2/h4-11,14,18H,3H2,1-2H3. The van der Waals surface area contributed by atoms with Gasteiger partial charge >= 0.3 is 0 Å².